The summed E-state index contributed by atoms with van der Waals surface area (Å²) in [5.41, 5.74) is 1.78. The molecule has 5 nitrogen and oxygen atoms in total. The van der Waals surface area contributed by atoms with Crippen molar-refractivity contribution in [2.45, 2.75) is 109 Å². The predicted octanol–water partition coefficient (Wildman–Crippen LogP) is 3.76. The number of carbonyl (C=O) groups is 1. The second kappa shape index (κ2) is 7.40. The van der Waals surface area contributed by atoms with Gasteiger partial charge in [-0.2, -0.15) is 0 Å². The van der Waals surface area contributed by atoms with Crippen LogP contribution in [0, 0.1) is 28.6 Å². The van der Waals surface area contributed by atoms with E-state index in [2.05, 4.69) is 13.8 Å². The molecule has 0 aromatic rings. The molecule has 1 aliphatic heterocycles. The summed E-state index contributed by atoms with van der Waals surface area (Å²) >= 11 is 0. The van der Waals surface area contributed by atoms with Crippen LogP contribution in [0.2, 0.25) is 0 Å². The molecule has 0 spiro atoms. The highest BCUT2D eigenvalue weighted by atomic mass is 16.7. The van der Waals surface area contributed by atoms with Crippen LogP contribution < -0.4 is 0 Å². The molecule has 1 saturated heterocycles. The van der Waals surface area contributed by atoms with Gasteiger partial charge in [0.1, 0.15) is 6.10 Å². The van der Waals surface area contributed by atoms with Crippen LogP contribution in [0.1, 0.15) is 78.6 Å². The standard InChI is InChI=1S/C25H38O5/c1-14-23(28)20(27)13-22(29-14)30-21-7-6-18-17-5-4-15-12-16(26)8-10-24(15,2)19(17)9-11-25(18,21)3/h12,14,17-23,27-28H,4-11,13H2,1-3H3/t14-,17-,18-,19-,20-,21-,22+,23-,24-,25-/m0/s1. The summed E-state index contributed by atoms with van der Waals surface area (Å²) in [5.74, 6) is 2.38. The molecule has 1 heterocycles. The summed E-state index contributed by atoms with van der Waals surface area (Å²) in [5, 5.41) is 20.1. The van der Waals surface area contributed by atoms with Crippen molar-refractivity contribution in [1.29, 1.82) is 0 Å². The Morgan fingerprint density at radius 3 is 2.63 bits per heavy atom. The molecule has 0 aromatic carbocycles. The van der Waals surface area contributed by atoms with E-state index < -0.39 is 24.6 Å². The van der Waals surface area contributed by atoms with E-state index >= 15 is 0 Å². The van der Waals surface area contributed by atoms with Crippen LogP contribution in [0.15, 0.2) is 11.6 Å². The molecule has 4 aliphatic carbocycles. The van der Waals surface area contributed by atoms with Crippen molar-refractivity contribution in [3.05, 3.63) is 11.6 Å². The van der Waals surface area contributed by atoms with Crippen molar-refractivity contribution in [1.82, 2.24) is 0 Å². The number of hydrogen-bond donors (Lipinski definition) is 2. The quantitative estimate of drug-likeness (QED) is 0.714. The Morgan fingerprint density at radius 1 is 1.07 bits per heavy atom. The smallest absolute Gasteiger partial charge is 0.161 e. The van der Waals surface area contributed by atoms with Crippen molar-refractivity contribution < 1.29 is 24.5 Å². The number of carbonyl (C=O) groups excluding carboxylic acids is 1. The van der Waals surface area contributed by atoms with E-state index in [9.17, 15) is 15.0 Å². The lowest BCUT2D eigenvalue weighted by atomic mass is 9.47. The summed E-state index contributed by atoms with van der Waals surface area (Å²) in [6, 6.07) is 0. The molecule has 0 aromatic heterocycles. The highest BCUT2D eigenvalue weighted by Gasteiger charge is 2.59. The number of aliphatic hydroxyl groups is 2. The van der Waals surface area contributed by atoms with Crippen LogP contribution in [0.4, 0.5) is 0 Å². The number of fused-ring (bicyclic) bond motifs is 5. The minimum absolute atomic E-state index is 0.150. The number of hydrogen-bond acceptors (Lipinski definition) is 5. The molecule has 0 bridgehead atoms. The minimum Gasteiger partial charge on any atom is -0.390 e. The lowest BCUT2D eigenvalue weighted by molar-refractivity contribution is -0.272. The van der Waals surface area contributed by atoms with Crippen LogP contribution >= 0.6 is 0 Å². The van der Waals surface area contributed by atoms with E-state index in [1.54, 1.807) is 6.92 Å². The summed E-state index contributed by atoms with van der Waals surface area (Å²) in [6.45, 7) is 6.65. The molecular formula is C25H38O5. The SMILES string of the molecule is C[C@@H]1O[C@H](O[C@H]2CC[C@H]3[C@@H]4CCC5=CC(=O)CC[C@]5(C)[C@H]4CC[C@]23C)C[C@H](O)[C@H]1O. The highest BCUT2D eigenvalue weighted by molar-refractivity contribution is 5.91. The number of rotatable bonds is 2. The Labute approximate surface area is 180 Å². The molecule has 5 rings (SSSR count). The maximum absolute atomic E-state index is 12.0. The first-order chi connectivity index (χ1) is 14.2. The maximum Gasteiger partial charge on any atom is 0.161 e. The third-order valence-electron chi connectivity index (χ3n) is 9.87. The van der Waals surface area contributed by atoms with Crippen molar-refractivity contribution in [2.24, 2.45) is 28.6 Å². The number of ether oxygens (including phenoxy) is 2. The van der Waals surface area contributed by atoms with Gasteiger partial charge in [-0.25, -0.2) is 0 Å². The minimum atomic E-state index is -0.834. The molecule has 2 N–H and O–H groups in total. The van der Waals surface area contributed by atoms with Gasteiger partial charge < -0.3 is 19.7 Å². The Bertz CT molecular complexity index is 721. The Hall–Kier alpha value is -0.750. The Kier molecular flexibility index (Phi) is 5.21. The van der Waals surface area contributed by atoms with Crippen LogP contribution in [0.5, 0.6) is 0 Å². The predicted molar refractivity (Wildman–Crippen MR) is 113 cm³/mol. The lowest BCUT2D eigenvalue weighted by Crippen LogP contribution is -2.53. The molecule has 30 heavy (non-hydrogen) atoms. The molecular weight excluding hydrogens is 380 g/mol. The topological polar surface area (TPSA) is 76.0 Å². The molecule has 0 radical (unpaired) electrons. The zero-order chi connectivity index (χ0) is 21.3. The van der Waals surface area contributed by atoms with Crippen molar-refractivity contribution in [2.75, 3.05) is 0 Å². The van der Waals surface area contributed by atoms with Crippen LogP contribution in [-0.2, 0) is 14.3 Å². The number of allylic oxidation sites excluding steroid dienone is 1. The van der Waals surface area contributed by atoms with E-state index in [4.69, 9.17) is 9.47 Å². The lowest BCUT2D eigenvalue weighted by Gasteiger charge is -2.58. The third kappa shape index (κ3) is 3.15. The fourth-order valence-corrected chi connectivity index (χ4v) is 8.03. The first-order valence-electron chi connectivity index (χ1n) is 12.1. The van der Waals surface area contributed by atoms with Gasteiger partial charge in [-0.3, -0.25) is 4.79 Å². The molecule has 3 saturated carbocycles. The first-order valence-corrected chi connectivity index (χ1v) is 12.1. The molecule has 0 amide bonds. The van der Waals surface area contributed by atoms with Crippen molar-refractivity contribution >= 4 is 5.78 Å². The van der Waals surface area contributed by atoms with Gasteiger partial charge in [-0.1, -0.05) is 19.4 Å². The van der Waals surface area contributed by atoms with Crippen LogP contribution in [0.25, 0.3) is 0 Å². The zero-order valence-electron chi connectivity index (χ0n) is 18.7. The van der Waals surface area contributed by atoms with Gasteiger partial charge in [0.05, 0.1) is 18.3 Å². The third-order valence-corrected chi connectivity index (χ3v) is 9.87. The largest absolute Gasteiger partial charge is 0.390 e. The van der Waals surface area contributed by atoms with Gasteiger partial charge >= 0.3 is 0 Å². The number of ketones is 1. The van der Waals surface area contributed by atoms with Crippen LogP contribution in [-0.4, -0.2) is 46.7 Å². The summed E-state index contributed by atoms with van der Waals surface area (Å²) < 4.78 is 12.4. The zero-order valence-corrected chi connectivity index (χ0v) is 18.7. The fraction of sp³-hybridized carbons (Fsp3) is 0.880. The Balaban J connectivity index is 1.32. The van der Waals surface area contributed by atoms with E-state index in [0.717, 1.165) is 25.7 Å². The molecule has 5 heteroatoms. The molecule has 4 fully saturated rings. The van der Waals surface area contributed by atoms with Gasteiger partial charge in [-0.05, 0) is 86.5 Å². The second-order valence-electron chi connectivity index (χ2n) is 11.3. The Morgan fingerprint density at radius 2 is 1.87 bits per heavy atom. The van der Waals surface area contributed by atoms with Gasteiger partial charge in [0.15, 0.2) is 12.1 Å². The monoisotopic (exact) mass is 418 g/mol. The summed E-state index contributed by atoms with van der Waals surface area (Å²) in [6.07, 6.45) is 8.66. The summed E-state index contributed by atoms with van der Waals surface area (Å²) in [4.78, 5) is 12.0. The van der Waals surface area contributed by atoms with Crippen molar-refractivity contribution in [3.63, 3.8) is 0 Å². The van der Waals surface area contributed by atoms with E-state index in [1.165, 1.54) is 24.8 Å². The van der Waals surface area contributed by atoms with Gasteiger partial charge in [0.2, 0.25) is 0 Å². The van der Waals surface area contributed by atoms with Gasteiger partial charge in [0.25, 0.3) is 0 Å². The van der Waals surface area contributed by atoms with E-state index in [1.807, 2.05) is 6.08 Å². The van der Waals surface area contributed by atoms with E-state index in [-0.39, 0.29) is 16.9 Å². The first kappa shape index (κ1) is 21.1. The second-order valence-corrected chi connectivity index (χ2v) is 11.3. The number of aliphatic hydroxyl groups excluding tert-OH is 2. The summed E-state index contributed by atoms with van der Waals surface area (Å²) in [7, 11) is 0. The maximum atomic E-state index is 12.0. The highest BCUT2D eigenvalue weighted by Crippen LogP contribution is 2.65. The molecule has 0 unspecified atom stereocenters. The molecule has 168 valence electrons. The molecule has 10 atom stereocenters. The van der Waals surface area contributed by atoms with Gasteiger partial charge in [-0.15, -0.1) is 0 Å². The molecule has 5 aliphatic rings. The average Bonchev–Trinajstić information content (AvgIpc) is 3.03. The fourth-order valence-electron chi connectivity index (χ4n) is 8.03. The van der Waals surface area contributed by atoms with Gasteiger partial charge in [0, 0.05) is 12.8 Å². The normalized spacial score (nSPS) is 53.5. The van der Waals surface area contributed by atoms with Crippen LogP contribution in [0.3, 0.4) is 0 Å². The van der Waals surface area contributed by atoms with E-state index in [0.29, 0.717) is 36.4 Å². The van der Waals surface area contributed by atoms with Crippen molar-refractivity contribution in [3.8, 4) is 0 Å². The average molecular weight is 419 g/mol.